The van der Waals surface area contributed by atoms with Crippen molar-refractivity contribution in [3.05, 3.63) is 65.2 Å². The summed E-state index contributed by atoms with van der Waals surface area (Å²) in [5.41, 5.74) is 7.97. The van der Waals surface area contributed by atoms with E-state index < -0.39 is 0 Å². The van der Waals surface area contributed by atoms with Gasteiger partial charge >= 0.3 is 0 Å². The van der Waals surface area contributed by atoms with Gasteiger partial charge in [-0.1, -0.05) is 12.1 Å². The highest BCUT2D eigenvalue weighted by Gasteiger charge is 2.28. The Morgan fingerprint density at radius 1 is 1.00 bits per heavy atom. The summed E-state index contributed by atoms with van der Waals surface area (Å²) in [5, 5.41) is 0. The van der Waals surface area contributed by atoms with Crippen LogP contribution in [0.5, 0.6) is 5.75 Å². The van der Waals surface area contributed by atoms with Gasteiger partial charge in [-0.05, 0) is 54.8 Å². The third-order valence-corrected chi connectivity index (χ3v) is 4.96. The van der Waals surface area contributed by atoms with Gasteiger partial charge in [0, 0.05) is 36.7 Å². The molecule has 0 spiro atoms. The Bertz CT molecular complexity index is 700. The lowest BCUT2D eigenvalue weighted by atomic mass is 9.88. The van der Waals surface area contributed by atoms with Crippen LogP contribution in [0, 0.1) is 5.92 Å². The molecule has 3 rings (SSSR count). The normalized spacial score (nSPS) is 14.4. The first-order chi connectivity index (χ1) is 12.6. The van der Waals surface area contributed by atoms with Crippen LogP contribution < -0.4 is 10.5 Å². The van der Waals surface area contributed by atoms with Crippen LogP contribution in [0.3, 0.4) is 0 Å². The maximum absolute atomic E-state index is 12.7. The van der Waals surface area contributed by atoms with Crippen molar-refractivity contribution in [2.45, 2.75) is 19.4 Å². The van der Waals surface area contributed by atoms with Gasteiger partial charge in [0.15, 0.2) is 5.78 Å². The van der Waals surface area contributed by atoms with Crippen LogP contribution in [-0.2, 0) is 6.54 Å². The summed E-state index contributed by atoms with van der Waals surface area (Å²) >= 11 is 0. The Kier molecular flexibility index (Phi) is 7.39. The van der Waals surface area contributed by atoms with E-state index in [0.717, 1.165) is 11.3 Å². The number of nitrogens with two attached hydrogens (primary N) is 1. The second-order valence-electron chi connectivity index (χ2n) is 6.56. The molecule has 0 aliphatic carbocycles. The summed E-state index contributed by atoms with van der Waals surface area (Å²) in [4.78, 5) is 27.1. The van der Waals surface area contributed by atoms with Gasteiger partial charge in [-0.25, -0.2) is 0 Å². The molecule has 144 valence electrons. The first-order valence-electron chi connectivity index (χ1n) is 8.89. The largest absolute Gasteiger partial charge is 0.497 e. The number of benzene rings is 2. The minimum atomic E-state index is -0.0351. The molecule has 0 aromatic heterocycles. The number of piperidine rings is 1. The summed E-state index contributed by atoms with van der Waals surface area (Å²) in [6.45, 7) is 1.67. The quantitative estimate of drug-likeness (QED) is 0.797. The number of carbonyl (C=O) groups is 2. The van der Waals surface area contributed by atoms with Gasteiger partial charge < -0.3 is 15.4 Å². The van der Waals surface area contributed by atoms with Crippen molar-refractivity contribution in [3.63, 3.8) is 0 Å². The number of Topliss-reactive ketones (excluding diaryl/α,β-unsaturated/α-hetero) is 1. The Balaban J connectivity index is 0.00000261. The molecule has 0 unspecified atom stereocenters. The fourth-order valence-electron chi connectivity index (χ4n) is 3.30. The van der Waals surface area contributed by atoms with E-state index in [1.807, 2.05) is 29.2 Å². The van der Waals surface area contributed by atoms with E-state index in [1.165, 1.54) is 0 Å². The van der Waals surface area contributed by atoms with Crippen LogP contribution in [-0.4, -0.2) is 36.8 Å². The fraction of sp³-hybridized carbons (Fsp3) is 0.333. The van der Waals surface area contributed by atoms with Crippen LogP contribution >= 0.6 is 12.4 Å². The number of rotatable bonds is 5. The van der Waals surface area contributed by atoms with Crippen LogP contribution in [0.25, 0.3) is 0 Å². The van der Waals surface area contributed by atoms with Gasteiger partial charge in [0.25, 0.3) is 5.91 Å². The van der Waals surface area contributed by atoms with Crippen molar-refractivity contribution in [2.24, 2.45) is 11.7 Å². The number of likely N-dealkylation sites (tertiary alicyclic amines) is 1. The molecule has 5 nitrogen and oxygen atoms in total. The minimum Gasteiger partial charge on any atom is -0.497 e. The number of nitrogens with zero attached hydrogens (tertiary/aromatic N) is 1. The summed E-state index contributed by atoms with van der Waals surface area (Å²) in [6.07, 6.45) is 1.38. The topological polar surface area (TPSA) is 72.6 Å². The van der Waals surface area contributed by atoms with Crippen molar-refractivity contribution >= 4 is 24.1 Å². The molecule has 2 aromatic rings. The highest BCUT2D eigenvalue weighted by molar-refractivity contribution is 5.98. The number of carbonyl (C=O) groups excluding carboxylic acids is 2. The lowest BCUT2D eigenvalue weighted by molar-refractivity contribution is 0.0650. The van der Waals surface area contributed by atoms with Crippen molar-refractivity contribution in [3.8, 4) is 5.75 Å². The maximum Gasteiger partial charge on any atom is 0.253 e. The average Bonchev–Trinajstić information content (AvgIpc) is 2.73. The first kappa shape index (κ1) is 20.9. The molecular formula is C21H25ClN2O3. The van der Waals surface area contributed by atoms with Gasteiger partial charge in [0.2, 0.25) is 0 Å². The number of methoxy groups -OCH3 is 1. The second-order valence-corrected chi connectivity index (χ2v) is 6.56. The summed E-state index contributed by atoms with van der Waals surface area (Å²) < 4.78 is 5.13. The molecule has 2 N–H and O–H groups in total. The van der Waals surface area contributed by atoms with E-state index >= 15 is 0 Å². The van der Waals surface area contributed by atoms with E-state index in [1.54, 1.807) is 31.4 Å². The molecule has 0 atom stereocenters. The van der Waals surface area contributed by atoms with Crippen molar-refractivity contribution < 1.29 is 14.3 Å². The molecule has 2 aromatic carbocycles. The molecule has 0 bridgehead atoms. The molecule has 27 heavy (non-hydrogen) atoms. The SMILES string of the molecule is COc1ccc(C(=O)C2CCN(C(=O)c3ccc(CN)cc3)CC2)cc1.Cl. The molecule has 1 saturated heterocycles. The highest BCUT2D eigenvalue weighted by atomic mass is 35.5. The third-order valence-electron chi connectivity index (χ3n) is 4.96. The highest BCUT2D eigenvalue weighted by Crippen LogP contribution is 2.24. The summed E-state index contributed by atoms with van der Waals surface area (Å²) in [7, 11) is 1.60. The number of ketones is 1. The zero-order chi connectivity index (χ0) is 18.5. The van der Waals surface area contributed by atoms with Gasteiger partial charge in [-0.3, -0.25) is 9.59 Å². The average molecular weight is 389 g/mol. The van der Waals surface area contributed by atoms with Gasteiger partial charge in [-0.2, -0.15) is 0 Å². The zero-order valence-corrected chi connectivity index (χ0v) is 16.2. The molecule has 1 aliphatic rings. The van der Waals surface area contributed by atoms with Gasteiger partial charge in [0.05, 0.1) is 7.11 Å². The van der Waals surface area contributed by atoms with Gasteiger partial charge in [-0.15, -0.1) is 12.4 Å². The van der Waals surface area contributed by atoms with E-state index in [-0.39, 0.29) is 30.0 Å². The number of hydrogen-bond acceptors (Lipinski definition) is 4. The molecular weight excluding hydrogens is 364 g/mol. The molecule has 1 amide bonds. The molecule has 0 radical (unpaired) electrons. The Morgan fingerprint density at radius 3 is 2.07 bits per heavy atom. The number of hydrogen-bond donors (Lipinski definition) is 1. The third kappa shape index (κ3) is 4.87. The molecule has 1 aliphatic heterocycles. The molecule has 1 fully saturated rings. The van der Waals surface area contributed by atoms with E-state index in [2.05, 4.69) is 0 Å². The van der Waals surface area contributed by atoms with Crippen LogP contribution in [0.4, 0.5) is 0 Å². The predicted molar refractivity (Wildman–Crippen MR) is 108 cm³/mol. The lowest BCUT2D eigenvalue weighted by Crippen LogP contribution is -2.40. The monoisotopic (exact) mass is 388 g/mol. The molecule has 6 heteroatoms. The Morgan fingerprint density at radius 2 is 1.56 bits per heavy atom. The standard InChI is InChI=1S/C21H24N2O3.ClH/c1-26-19-8-6-16(7-9-19)20(24)17-10-12-23(13-11-17)21(25)18-4-2-15(14-22)3-5-18;/h2-9,17H,10-14,22H2,1H3;1H. The summed E-state index contributed by atoms with van der Waals surface area (Å²) in [5.74, 6) is 0.866. The Labute approximate surface area is 165 Å². The van der Waals surface area contributed by atoms with Crippen LogP contribution in [0.2, 0.25) is 0 Å². The smallest absolute Gasteiger partial charge is 0.253 e. The van der Waals surface area contributed by atoms with Crippen molar-refractivity contribution in [1.29, 1.82) is 0 Å². The number of amides is 1. The van der Waals surface area contributed by atoms with E-state index in [9.17, 15) is 9.59 Å². The summed E-state index contributed by atoms with van der Waals surface area (Å²) in [6, 6.07) is 14.6. The van der Waals surface area contributed by atoms with Crippen LogP contribution in [0.1, 0.15) is 39.1 Å². The van der Waals surface area contributed by atoms with Crippen LogP contribution in [0.15, 0.2) is 48.5 Å². The first-order valence-corrected chi connectivity index (χ1v) is 8.89. The van der Waals surface area contributed by atoms with E-state index in [0.29, 0.717) is 43.6 Å². The van der Waals surface area contributed by atoms with Crippen molar-refractivity contribution in [2.75, 3.05) is 20.2 Å². The minimum absolute atomic E-state index is 0. The molecule has 0 saturated carbocycles. The second kappa shape index (κ2) is 9.53. The lowest BCUT2D eigenvalue weighted by Gasteiger charge is -2.31. The van der Waals surface area contributed by atoms with Gasteiger partial charge in [0.1, 0.15) is 5.75 Å². The molecule has 1 heterocycles. The van der Waals surface area contributed by atoms with Crippen molar-refractivity contribution in [1.82, 2.24) is 4.90 Å². The zero-order valence-electron chi connectivity index (χ0n) is 15.4. The maximum atomic E-state index is 12.7. The number of halogens is 1. The number of ether oxygens (including phenoxy) is 1. The van der Waals surface area contributed by atoms with E-state index in [4.69, 9.17) is 10.5 Å². The predicted octanol–water partition coefficient (Wildman–Crippen LogP) is 3.31. The fourth-order valence-corrected chi connectivity index (χ4v) is 3.30. The Hall–Kier alpha value is -2.37.